The third-order valence-electron chi connectivity index (χ3n) is 2.71. The first kappa shape index (κ1) is 12.8. The molecule has 1 N–H and O–H groups in total. The van der Waals surface area contributed by atoms with Crippen molar-refractivity contribution in [2.24, 2.45) is 5.92 Å². The number of hydrogen-bond donors (Lipinski definition) is 1. The molecule has 0 spiro atoms. The number of aromatic nitrogens is 1. The zero-order valence-corrected chi connectivity index (χ0v) is 10.9. The summed E-state index contributed by atoms with van der Waals surface area (Å²) in [4.78, 5) is 28.9. The minimum atomic E-state index is -0.478. The van der Waals surface area contributed by atoms with Crippen LogP contribution in [0.25, 0.3) is 0 Å². The molecule has 1 aromatic rings. The highest BCUT2D eigenvalue weighted by Gasteiger charge is 2.40. The van der Waals surface area contributed by atoms with Crippen molar-refractivity contribution in [1.29, 1.82) is 0 Å². The normalized spacial score (nSPS) is 19.6. The third kappa shape index (κ3) is 2.31. The Labute approximate surface area is 110 Å². The van der Waals surface area contributed by atoms with Gasteiger partial charge < -0.3 is 5.32 Å². The summed E-state index contributed by atoms with van der Waals surface area (Å²) in [6.45, 7) is 4.00. The van der Waals surface area contributed by atoms with Crippen LogP contribution in [0.2, 0.25) is 5.15 Å². The summed E-state index contributed by atoms with van der Waals surface area (Å²) in [5.41, 5.74) is 0.327. The first-order valence-corrected chi connectivity index (χ1v) is 6.13. The van der Waals surface area contributed by atoms with Crippen LogP contribution in [0, 0.1) is 5.92 Å². The molecule has 0 radical (unpaired) electrons. The Morgan fingerprint density at radius 3 is 2.83 bits per heavy atom. The SMILES string of the molecule is CC(C)CC1NC(=O)N(c2cccnc2Cl)C1=O. The molecule has 96 valence electrons. The van der Waals surface area contributed by atoms with Crippen molar-refractivity contribution in [3.63, 3.8) is 0 Å². The summed E-state index contributed by atoms with van der Waals surface area (Å²) in [6.07, 6.45) is 2.12. The van der Waals surface area contributed by atoms with Crippen molar-refractivity contribution >= 4 is 29.2 Å². The fourth-order valence-corrected chi connectivity index (χ4v) is 2.14. The number of urea groups is 1. The van der Waals surface area contributed by atoms with Gasteiger partial charge in [0.25, 0.3) is 5.91 Å². The number of imide groups is 1. The largest absolute Gasteiger partial charge is 0.329 e. The lowest BCUT2D eigenvalue weighted by Gasteiger charge is -2.14. The highest BCUT2D eigenvalue weighted by Crippen LogP contribution is 2.27. The number of carbonyl (C=O) groups excluding carboxylic acids is 2. The third-order valence-corrected chi connectivity index (χ3v) is 3.00. The Balaban J connectivity index is 2.27. The molecular weight excluding hydrogens is 254 g/mol. The summed E-state index contributed by atoms with van der Waals surface area (Å²) in [5, 5.41) is 2.81. The van der Waals surface area contributed by atoms with E-state index in [4.69, 9.17) is 11.6 Å². The Bertz CT molecular complexity index is 490. The van der Waals surface area contributed by atoms with Crippen LogP contribution in [0.4, 0.5) is 10.5 Å². The van der Waals surface area contributed by atoms with Crippen molar-refractivity contribution < 1.29 is 9.59 Å². The number of rotatable bonds is 3. The zero-order valence-electron chi connectivity index (χ0n) is 10.2. The molecule has 0 saturated carbocycles. The standard InChI is InChI=1S/C12H14ClN3O2/c1-7(2)6-8-11(17)16(12(18)15-8)9-4-3-5-14-10(9)13/h3-5,7-8H,6H2,1-2H3,(H,15,18). The second-order valence-corrected chi connectivity index (χ2v) is 4.98. The number of amides is 3. The molecule has 2 heterocycles. The number of carbonyl (C=O) groups is 2. The van der Waals surface area contributed by atoms with Crippen LogP contribution < -0.4 is 10.2 Å². The summed E-state index contributed by atoms with van der Waals surface area (Å²) in [6, 6.07) is 2.32. The Kier molecular flexibility index (Phi) is 3.52. The molecule has 0 aliphatic carbocycles. The van der Waals surface area contributed by atoms with Crippen LogP contribution >= 0.6 is 11.6 Å². The maximum absolute atomic E-state index is 12.2. The minimum Gasteiger partial charge on any atom is -0.325 e. The molecular formula is C12H14ClN3O2. The fourth-order valence-electron chi connectivity index (χ4n) is 1.93. The molecule has 6 heteroatoms. The van der Waals surface area contributed by atoms with E-state index in [9.17, 15) is 9.59 Å². The summed E-state index contributed by atoms with van der Waals surface area (Å²) >= 11 is 5.90. The van der Waals surface area contributed by atoms with Gasteiger partial charge in [0.05, 0.1) is 5.69 Å². The van der Waals surface area contributed by atoms with Crippen LogP contribution in [0.1, 0.15) is 20.3 Å². The average molecular weight is 268 g/mol. The highest BCUT2D eigenvalue weighted by molar-refractivity contribution is 6.34. The van der Waals surface area contributed by atoms with E-state index < -0.39 is 12.1 Å². The Morgan fingerprint density at radius 2 is 2.22 bits per heavy atom. The van der Waals surface area contributed by atoms with E-state index >= 15 is 0 Å². The van der Waals surface area contributed by atoms with Gasteiger partial charge in [0, 0.05) is 6.20 Å². The quantitative estimate of drug-likeness (QED) is 0.675. The molecule has 1 aromatic heterocycles. The van der Waals surface area contributed by atoms with Gasteiger partial charge in [-0.2, -0.15) is 0 Å². The van der Waals surface area contributed by atoms with Gasteiger partial charge in [0.2, 0.25) is 0 Å². The second-order valence-electron chi connectivity index (χ2n) is 4.62. The van der Waals surface area contributed by atoms with E-state index in [1.165, 1.54) is 6.20 Å². The van der Waals surface area contributed by atoms with E-state index in [-0.39, 0.29) is 11.1 Å². The smallest absolute Gasteiger partial charge is 0.325 e. The number of halogens is 1. The van der Waals surface area contributed by atoms with Crippen LogP contribution in [0.15, 0.2) is 18.3 Å². The molecule has 0 bridgehead atoms. The first-order valence-electron chi connectivity index (χ1n) is 5.75. The van der Waals surface area contributed by atoms with Gasteiger partial charge in [-0.3, -0.25) is 4.79 Å². The summed E-state index contributed by atoms with van der Waals surface area (Å²) in [7, 11) is 0. The maximum atomic E-state index is 12.2. The van der Waals surface area contributed by atoms with Gasteiger partial charge in [-0.25, -0.2) is 14.7 Å². The molecule has 2 rings (SSSR count). The van der Waals surface area contributed by atoms with Crippen molar-refractivity contribution in [2.75, 3.05) is 4.90 Å². The van der Waals surface area contributed by atoms with E-state index in [0.717, 1.165) is 4.90 Å². The van der Waals surface area contributed by atoms with Crippen LogP contribution in [0.5, 0.6) is 0 Å². The fraction of sp³-hybridized carbons (Fsp3) is 0.417. The van der Waals surface area contributed by atoms with Gasteiger partial charge in [0.1, 0.15) is 6.04 Å². The molecule has 1 fully saturated rings. The van der Waals surface area contributed by atoms with Crippen molar-refractivity contribution in [1.82, 2.24) is 10.3 Å². The van der Waals surface area contributed by atoms with Crippen LogP contribution in [-0.4, -0.2) is 23.0 Å². The number of nitrogens with zero attached hydrogens (tertiary/aromatic N) is 2. The lowest BCUT2D eigenvalue weighted by atomic mass is 10.0. The van der Waals surface area contributed by atoms with Gasteiger partial charge in [-0.15, -0.1) is 0 Å². The van der Waals surface area contributed by atoms with Crippen LogP contribution in [-0.2, 0) is 4.79 Å². The van der Waals surface area contributed by atoms with E-state index in [1.807, 2.05) is 13.8 Å². The monoisotopic (exact) mass is 267 g/mol. The average Bonchev–Trinajstić information content (AvgIpc) is 2.55. The van der Waals surface area contributed by atoms with Gasteiger partial charge in [-0.1, -0.05) is 25.4 Å². The number of pyridine rings is 1. The Morgan fingerprint density at radius 1 is 1.50 bits per heavy atom. The lowest BCUT2D eigenvalue weighted by Crippen LogP contribution is -2.32. The topological polar surface area (TPSA) is 62.3 Å². The zero-order chi connectivity index (χ0) is 13.3. The van der Waals surface area contributed by atoms with Crippen LogP contribution in [0.3, 0.4) is 0 Å². The molecule has 3 amide bonds. The molecule has 1 atom stereocenters. The van der Waals surface area contributed by atoms with E-state index in [1.54, 1.807) is 12.1 Å². The van der Waals surface area contributed by atoms with Gasteiger partial charge in [0.15, 0.2) is 5.15 Å². The summed E-state index contributed by atoms with van der Waals surface area (Å²) < 4.78 is 0. The minimum absolute atomic E-state index is 0.145. The van der Waals surface area contributed by atoms with E-state index in [2.05, 4.69) is 10.3 Å². The van der Waals surface area contributed by atoms with Gasteiger partial charge in [-0.05, 0) is 24.5 Å². The maximum Gasteiger partial charge on any atom is 0.329 e. The number of hydrogen-bond acceptors (Lipinski definition) is 3. The van der Waals surface area contributed by atoms with Gasteiger partial charge >= 0.3 is 6.03 Å². The molecule has 0 aromatic carbocycles. The van der Waals surface area contributed by atoms with Crippen molar-refractivity contribution in [2.45, 2.75) is 26.3 Å². The number of anilines is 1. The predicted molar refractivity (Wildman–Crippen MR) is 68.5 cm³/mol. The molecule has 1 aliphatic heterocycles. The predicted octanol–water partition coefficient (Wildman–Crippen LogP) is 2.21. The molecule has 1 aliphatic rings. The summed E-state index contributed by atoms with van der Waals surface area (Å²) in [5.74, 6) is 0.0483. The van der Waals surface area contributed by atoms with E-state index in [0.29, 0.717) is 18.0 Å². The van der Waals surface area contributed by atoms with Crippen molar-refractivity contribution in [3.05, 3.63) is 23.5 Å². The molecule has 18 heavy (non-hydrogen) atoms. The second kappa shape index (κ2) is 4.94. The molecule has 1 saturated heterocycles. The Hall–Kier alpha value is -1.62. The molecule has 1 unspecified atom stereocenters. The number of nitrogens with one attached hydrogen (secondary N) is 1. The molecule has 5 nitrogen and oxygen atoms in total. The highest BCUT2D eigenvalue weighted by atomic mass is 35.5. The lowest BCUT2D eigenvalue weighted by molar-refractivity contribution is -0.118. The first-order chi connectivity index (χ1) is 8.50. The van der Waals surface area contributed by atoms with Crippen molar-refractivity contribution in [3.8, 4) is 0 Å².